The molecule has 1 saturated carbocycles. The van der Waals surface area contributed by atoms with Gasteiger partial charge in [0.25, 0.3) is 11.8 Å². The van der Waals surface area contributed by atoms with Crippen molar-refractivity contribution in [3.05, 3.63) is 65.0 Å². The van der Waals surface area contributed by atoms with E-state index in [1.54, 1.807) is 12.1 Å². The average Bonchev–Trinajstić information content (AvgIpc) is 3.30. The van der Waals surface area contributed by atoms with Crippen molar-refractivity contribution in [2.24, 2.45) is 5.92 Å². The molecule has 0 spiro atoms. The number of carbonyl (C=O) groups excluding carboxylic acids is 3. The van der Waals surface area contributed by atoms with Crippen molar-refractivity contribution in [1.82, 2.24) is 15.5 Å². The molecule has 2 aliphatic heterocycles. The van der Waals surface area contributed by atoms with Crippen molar-refractivity contribution in [3.63, 3.8) is 0 Å². The Kier molecular flexibility index (Phi) is 5.98. The fourth-order valence-electron chi connectivity index (χ4n) is 5.31. The Morgan fingerprint density at radius 1 is 1.03 bits per heavy atom. The second-order valence-corrected chi connectivity index (χ2v) is 9.44. The van der Waals surface area contributed by atoms with Crippen LogP contribution in [-0.2, 0) is 16.9 Å². The van der Waals surface area contributed by atoms with Crippen molar-refractivity contribution < 1.29 is 23.5 Å². The van der Waals surface area contributed by atoms with Gasteiger partial charge in [0.05, 0.1) is 13.2 Å². The van der Waals surface area contributed by atoms with Gasteiger partial charge < -0.3 is 15.0 Å². The van der Waals surface area contributed by atoms with E-state index < -0.39 is 23.3 Å². The zero-order valence-electron chi connectivity index (χ0n) is 18.9. The van der Waals surface area contributed by atoms with Gasteiger partial charge in [0.1, 0.15) is 11.6 Å². The molecule has 0 unspecified atom stereocenters. The normalized spacial score (nSPS) is 22.5. The van der Waals surface area contributed by atoms with Gasteiger partial charge >= 0.3 is 6.03 Å². The number of fused-ring (bicyclic) bond motifs is 1. The number of carbonyl (C=O) groups is 3. The van der Waals surface area contributed by atoms with Gasteiger partial charge in [0.15, 0.2) is 5.54 Å². The number of halogens is 1. The second kappa shape index (κ2) is 9.08. The number of benzene rings is 2. The summed E-state index contributed by atoms with van der Waals surface area (Å²) in [6, 6.07) is 10.2. The van der Waals surface area contributed by atoms with Crippen molar-refractivity contribution in [3.8, 4) is 5.75 Å². The minimum atomic E-state index is -1.48. The summed E-state index contributed by atoms with van der Waals surface area (Å²) in [6.45, 7) is 0.878. The Morgan fingerprint density at radius 2 is 1.79 bits per heavy atom. The van der Waals surface area contributed by atoms with Gasteiger partial charge in [-0.15, -0.1) is 0 Å². The Morgan fingerprint density at radius 3 is 2.50 bits per heavy atom. The summed E-state index contributed by atoms with van der Waals surface area (Å²) in [5.74, 6) is 0.211. The molecule has 2 N–H and O–H groups in total. The van der Waals surface area contributed by atoms with Crippen LogP contribution in [0.1, 0.15) is 60.0 Å². The van der Waals surface area contributed by atoms with Crippen LogP contribution >= 0.6 is 0 Å². The van der Waals surface area contributed by atoms with Crippen molar-refractivity contribution in [1.29, 1.82) is 0 Å². The molecule has 2 fully saturated rings. The molecule has 0 bridgehead atoms. The average molecular weight is 466 g/mol. The molecule has 0 aromatic heterocycles. The molecular formula is C26H28FN3O4. The molecule has 2 aromatic rings. The number of hydrogen-bond donors (Lipinski definition) is 2. The topological polar surface area (TPSA) is 87.7 Å². The Labute approximate surface area is 197 Å². The highest BCUT2D eigenvalue weighted by atomic mass is 19.1. The first-order valence-electron chi connectivity index (χ1n) is 11.9. The Balaban J connectivity index is 1.30. The van der Waals surface area contributed by atoms with Crippen LogP contribution in [0.5, 0.6) is 5.75 Å². The highest BCUT2D eigenvalue weighted by Gasteiger charge is 2.50. The minimum Gasteiger partial charge on any atom is -0.494 e. The van der Waals surface area contributed by atoms with Crippen LogP contribution < -0.4 is 15.4 Å². The monoisotopic (exact) mass is 465 g/mol. The lowest BCUT2D eigenvalue weighted by Crippen LogP contribution is -2.52. The van der Waals surface area contributed by atoms with E-state index in [0.717, 1.165) is 23.7 Å². The van der Waals surface area contributed by atoms with E-state index in [4.69, 9.17) is 4.74 Å². The van der Waals surface area contributed by atoms with Crippen LogP contribution in [0, 0.1) is 11.7 Å². The molecule has 1 saturated heterocycles. The maximum Gasteiger partial charge on any atom is 0.322 e. The zero-order chi connectivity index (χ0) is 23.7. The lowest BCUT2D eigenvalue weighted by atomic mass is 9.87. The number of nitrogens with zero attached hydrogens (tertiary/aromatic N) is 1. The third-order valence-corrected chi connectivity index (χ3v) is 7.18. The van der Waals surface area contributed by atoms with E-state index in [0.29, 0.717) is 24.3 Å². The summed E-state index contributed by atoms with van der Waals surface area (Å²) in [5, 5.41) is 4.91. The first kappa shape index (κ1) is 22.4. The summed E-state index contributed by atoms with van der Waals surface area (Å²) in [5.41, 5.74) is 0.299. The van der Waals surface area contributed by atoms with Crippen molar-refractivity contribution >= 4 is 17.8 Å². The number of ether oxygens (including phenoxy) is 1. The molecule has 178 valence electrons. The third-order valence-electron chi connectivity index (χ3n) is 7.18. The SMILES string of the molecule is O=C1NC(=O)[C@](CN2Cc3cc(OCCC4CCCCC4)ccc3C2=O)(c2ccc(F)cc2)N1. The van der Waals surface area contributed by atoms with E-state index >= 15 is 0 Å². The summed E-state index contributed by atoms with van der Waals surface area (Å²) in [7, 11) is 0. The second-order valence-electron chi connectivity index (χ2n) is 9.44. The fourth-order valence-corrected chi connectivity index (χ4v) is 5.31. The predicted molar refractivity (Wildman–Crippen MR) is 123 cm³/mol. The summed E-state index contributed by atoms with van der Waals surface area (Å²) in [4.78, 5) is 39.5. The molecule has 2 aromatic carbocycles. The maximum absolute atomic E-state index is 13.5. The van der Waals surface area contributed by atoms with E-state index in [9.17, 15) is 18.8 Å². The molecule has 1 aliphatic carbocycles. The molecule has 7 nitrogen and oxygen atoms in total. The zero-order valence-corrected chi connectivity index (χ0v) is 18.9. The molecule has 3 aliphatic rings. The maximum atomic E-state index is 13.5. The van der Waals surface area contributed by atoms with Crippen LogP contribution in [0.3, 0.4) is 0 Å². The summed E-state index contributed by atoms with van der Waals surface area (Å²) < 4.78 is 19.5. The van der Waals surface area contributed by atoms with Gasteiger partial charge in [0, 0.05) is 12.1 Å². The lowest BCUT2D eigenvalue weighted by molar-refractivity contribution is -0.124. The number of amides is 4. The molecule has 34 heavy (non-hydrogen) atoms. The highest BCUT2D eigenvalue weighted by Crippen LogP contribution is 2.33. The number of imide groups is 1. The van der Waals surface area contributed by atoms with Crippen LogP contribution in [-0.4, -0.2) is 35.9 Å². The van der Waals surface area contributed by atoms with E-state index in [1.165, 1.54) is 61.3 Å². The smallest absolute Gasteiger partial charge is 0.322 e. The van der Waals surface area contributed by atoms with Gasteiger partial charge in [-0.25, -0.2) is 9.18 Å². The van der Waals surface area contributed by atoms with Gasteiger partial charge in [0.2, 0.25) is 0 Å². The molecule has 1 atom stereocenters. The summed E-state index contributed by atoms with van der Waals surface area (Å²) >= 11 is 0. The van der Waals surface area contributed by atoms with Crippen LogP contribution in [0.4, 0.5) is 9.18 Å². The minimum absolute atomic E-state index is 0.0679. The van der Waals surface area contributed by atoms with Crippen molar-refractivity contribution in [2.75, 3.05) is 13.2 Å². The Hall–Kier alpha value is -3.42. The van der Waals surface area contributed by atoms with Gasteiger partial charge in [-0.1, -0.05) is 44.2 Å². The first-order chi connectivity index (χ1) is 16.4. The number of rotatable bonds is 7. The molecular weight excluding hydrogens is 437 g/mol. The molecule has 5 rings (SSSR count). The highest BCUT2D eigenvalue weighted by molar-refractivity contribution is 6.08. The molecule has 2 heterocycles. The predicted octanol–water partition coefficient (Wildman–Crippen LogP) is 3.87. The number of nitrogens with one attached hydrogen (secondary N) is 2. The number of hydrogen-bond acceptors (Lipinski definition) is 4. The van der Waals surface area contributed by atoms with Gasteiger partial charge in [-0.05, 0) is 53.8 Å². The molecule has 0 radical (unpaired) electrons. The lowest BCUT2D eigenvalue weighted by Gasteiger charge is -2.31. The largest absolute Gasteiger partial charge is 0.494 e. The van der Waals surface area contributed by atoms with E-state index in [-0.39, 0.29) is 12.5 Å². The quantitative estimate of drug-likeness (QED) is 0.608. The van der Waals surface area contributed by atoms with Crippen LogP contribution in [0.25, 0.3) is 0 Å². The van der Waals surface area contributed by atoms with E-state index in [1.807, 2.05) is 6.07 Å². The van der Waals surface area contributed by atoms with Crippen LogP contribution in [0.2, 0.25) is 0 Å². The Bertz CT molecular complexity index is 1110. The van der Waals surface area contributed by atoms with E-state index in [2.05, 4.69) is 10.6 Å². The molecule has 4 amide bonds. The van der Waals surface area contributed by atoms with Crippen LogP contribution in [0.15, 0.2) is 42.5 Å². The fraction of sp³-hybridized carbons (Fsp3) is 0.423. The van der Waals surface area contributed by atoms with Gasteiger partial charge in [-0.2, -0.15) is 0 Å². The van der Waals surface area contributed by atoms with Crippen molar-refractivity contribution in [2.45, 2.75) is 50.6 Å². The third kappa shape index (κ3) is 4.24. The van der Waals surface area contributed by atoms with Gasteiger partial charge in [-0.3, -0.25) is 14.9 Å². The molecule has 8 heteroatoms. The summed E-state index contributed by atoms with van der Waals surface area (Å²) in [6.07, 6.45) is 7.53. The standard InChI is InChI=1S/C26H28FN3O4/c27-20-8-6-19(7-9-20)26(24(32)28-25(33)29-26)16-30-15-18-14-21(10-11-22(18)23(30)31)34-13-12-17-4-2-1-3-5-17/h6-11,14,17H,1-5,12-13,15-16H2,(H2,28,29,32,33)/t26-/m0/s1. The first-order valence-corrected chi connectivity index (χ1v) is 11.9. The number of urea groups is 1.